The molecule has 0 aliphatic heterocycles. The van der Waals surface area contributed by atoms with Gasteiger partial charge in [0.05, 0.1) is 12.3 Å². The lowest BCUT2D eigenvalue weighted by Crippen LogP contribution is -2.01. The van der Waals surface area contributed by atoms with Crippen LogP contribution in [0.2, 0.25) is 0 Å². The lowest BCUT2D eigenvalue weighted by molar-refractivity contribution is 0.301. The van der Waals surface area contributed by atoms with E-state index in [1.807, 2.05) is 31.3 Å². The maximum absolute atomic E-state index is 5.69. The zero-order valence-electron chi connectivity index (χ0n) is 7.92. The molecule has 0 atom stereocenters. The van der Waals surface area contributed by atoms with Crippen LogP contribution in [0.5, 0.6) is 5.75 Å². The Kier molecular flexibility index (Phi) is 2.39. The number of anilines is 1. The molecule has 1 aromatic carbocycles. The van der Waals surface area contributed by atoms with Crippen LogP contribution in [0.4, 0.5) is 5.69 Å². The molecule has 1 N–H and O–H groups in total. The Balaban J connectivity index is 1.99. The molecule has 0 bridgehead atoms. The van der Waals surface area contributed by atoms with Crippen LogP contribution in [0, 0.1) is 5.92 Å². The Morgan fingerprint density at radius 3 is 2.85 bits per heavy atom. The van der Waals surface area contributed by atoms with Gasteiger partial charge < -0.3 is 10.1 Å². The SMILES string of the molecule is CNc1ccccc1OCC1CC1. The topological polar surface area (TPSA) is 21.3 Å². The van der Waals surface area contributed by atoms with E-state index in [9.17, 15) is 0 Å². The molecule has 1 saturated carbocycles. The smallest absolute Gasteiger partial charge is 0.142 e. The average Bonchev–Trinajstić information content (AvgIpc) is 2.99. The third-order valence-electron chi connectivity index (χ3n) is 2.33. The second kappa shape index (κ2) is 3.69. The van der Waals surface area contributed by atoms with Crippen molar-refractivity contribution in [3.63, 3.8) is 0 Å². The summed E-state index contributed by atoms with van der Waals surface area (Å²) in [7, 11) is 1.92. The minimum absolute atomic E-state index is 0.810. The maximum Gasteiger partial charge on any atom is 0.142 e. The van der Waals surface area contributed by atoms with Gasteiger partial charge in [-0.1, -0.05) is 12.1 Å². The van der Waals surface area contributed by atoms with Gasteiger partial charge in [-0.2, -0.15) is 0 Å². The first-order valence-electron chi connectivity index (χ1n) is 4.79. The first-order chi connectivity index (χ1) is 6.40. The highest BCUT2D eigenvalue weighted by Crippen LogP contribution is 2.31. The number of para-hydroxylation sites is 2. The number of hydrogen-bond donors (Lipinski definition) is 1. The van der Waals surface area contributed by atoms with Crippen LogP contribution in [0.15, 0.2) is 24.3 Å². The van der Waals surface area contributed by atoms with Gasteiger partial charge in [-0.15, -0.1) is 0 Å². The van der Waals surface area contributed by atoms with Gasteiger partial charge in [-0.3, -0.25) is 0 Å². The molecule has 1 aliphatic rings. The van der Waals surface area contributed by atoms with Crippen molar-refractivity contribution in [1.82, 2.24) is 0 Å². The molecule has 0 radical (unpaired) electrons. The summed E-state index contributed by atoms with van der Waals surface area (Å²) in [5.74, 6) is 1.78. The van der Waals surface area contributed by atoms with E-state index in [1.54, 1.807) is 0 Å². The first kappa shape index (κ1) is 8.42. The van der Waals surface area contributed by atoms with Crippen LogP contribution in [0.1, 0.15) is 12.8 Å². The predicted octanol–water partition coefficient (Wildman–Crippen LogP) is 2.52. The van der Waals surface area contributed by atoms with Gasteiger partial charge in [0.1, 0.15) is 5.75 Å². The fraction of sp³-hybridized carbons (Fsp3) is 0.455. The zero-order chi connectivity index (χ0) is 9.10. The Hall–Kier alpha value is -1.18. The molecule has 2 heteroatoms. The minimum Gasteiger partial charge on any atom is -0.491 e. The van der Waals surface area contributed by atoms with E-state index >= 15 is 0 Å². The van der Waals surface area contributed by atoms with Gasteiger partial charge in [-0.25, -0.2) is 0 Å². The first-order valence-corrected chi connectivity index (χ1v) is 4.79. The minimum atomic E-state index is 0.810. The lowest BCUT2D eigenvalue weighted by atomic mass is 10.3. The van der Waals surface area contributed by atoms with E-state index < -0.39 is 0 Å². The van der Waals surface area contributed by atoms with E-state index in [0.717, 1.165) is 24.0 Å². The van der Waals surface area contributed by atoms with Crippen LogP contribution < -0.4 is 10.1 Å². The van der Waals surface area contributed by atoms with Gasteiger partial charge >= 0.3 is 0 Å². The molecule has 13 heavy (non-hydrogen) atoms. The molecule has 2 nitrogen and oxygen atoms in total. The van der Waals surface area contributed by atoms with Crippen molar-refractivity contribution in [2.24, 2.45) is 5.92 Å². The van der Waals surface area contributed by atoms with Crippen molar-refractivity contribution in [2.75, 3.05) is 19.0 Å². The van der Waals surface area contributed by atoms with E-state index in [1.165, 1.54) is 12.8 Å². The molecule has 2 rings (SSSR count). The third kappa shape index (κ3) is 2.14. The summed E-state index contributed by atoms with van der Waals surface area (Å²) in [6, 6.07) is 8.05. The quantitative estimate of drug-likeness (QED) is 0.763. The summed E-state index contributed by atoms with van der Waals surface area (Å²) in [6.07, 6.45) is 2.67. The van der Waals surface area contributed by atoms with E-state index in [-0.39, 0.29) is 0 Å². The van der Waals surface area contributed by atoms with Crippen molar-refractivity contribution in [1.29, 1.82) is 0 Å². The Morgan fingerprint density at radius 2 is 2.15 bits per heavy atom. The Morgan fingerprint density at radius 1 is 1.38 bits per heavy atom. The third-order valence-corrected chi connectivity index (χ3v) is 2.33. The van der Waals surface area contributed by atoms with Crippen molar-refractivity contribution in [2.45, 2.75) is 12.8 Å². The fourth-order valence-corrected chi connectivity index (χ4v) is 1.29. The molecule has 1 fully saturated rings. The van der Waals surface area contributed by atoms with Crippen molar-refractivity contribution < 1.29 is 4.74 Å². The van der Waals surface area contributed by atoms with Crippen molar-refractivity contribution in [3.8, 4) is 5.75 Å². The van der Waals surface area contributed by atoms with Crippen LogP contribution in [-0.2, 0) is 0 Å². The number of nitrogens with one attached hydrogen (secondary N) is 1. The molecular weight excluding hydrogens is 162 g/mol. The van der Waals surface area contributed by atoms with Crippen LogP contribution in [-0.4, -0.2) is 13.7 Å². The molecular formula is C11H15NO. The van der Waals surface area contributed by atoms with Crippen molar-refractivity contribution >= 4 is 5.69 Å². The monoisotopic (exact) mass is 177 g/mol. The van der Waals surface area contributed by atoms with Crippen LogP contribution >= 0.6 is 0 Å². The summed E-state index contributed by atoms with van der Waals surface area (Å²) in [6.45, 7) is 0.874. The maximum atomic E-state index is 5.69. The second-order valence-electron chi connectivity index (χ2n) is 3.50. The number of ether oxygens (including phenoxy) is 1. The van der Waals surface area contributed by atoms with Gasteiger partial charge in [0.15, 0.2) is 0 Å². The summed E-state index contributed by atoms with van der Waals surface area (Å²) < 4.78 is 5.69. The summed E-state index contributed by atoms with van der Waals surface area (Å²) >= 11 is 0. The fourth-order valence-electron chi connectivity index (χ4n) is 1.29. The molecule has 0 spiro atoms. The molecule has 1 aromatic rings. The van der Waals surface area contributed by atoms with E-state index in [0.29, 0.717) is 0 Å². The highest BCUT2D eigenvalue weighted by molar-refractivity contribution is 5.55. The largest absolute Gasteiger partial charge is 0.491 e. The zero-order valence-corrected chi connectivity index (χ0v) is 7.92. The summed E-state index contributed by atoms with van der Waals surface area (Å²) in [5, 5.41) is 3.11. The van der Waals surface area contributed by atoms with Crippen LogP contribution in [0.25, 0.3) is 0 Å². The van der Waals surface area contributed by atoms with Crippen molar-refractivity contribution in [3.05, 3.63) is 24.3 Å². The molecule has 1 aliphatic carbocycles. The Labute approximate surface area is 78.9 Å². The number of hydrogen-bond acceptors (Lipinski definition) is 2. The van der Waals surface area contributed by atoms with Gasteiger partial charge in [-0.05, 0) is 30.9 Å². The van der Waals surface area contributed by atoms with Gasteiger partial charge in [0, 0.05) is 7.05 Å². The molecule has 0 amide bonds. The Bertz CT molecular complexity index is 281. The second-order valence-corrected chi connectivity index (χ2v) is 3.50. The van der Waals surface area contributed by atoms with Gasteiger partial charge in [0.2, 0.25) is 0 Å². The number of benzene rings is 1. The molecule has 70 valence electrons. The highest BCUT2D eigenvalue weighted by atomic mass is 16.5. The summed E-state index contributed by atoms with van der Waals surface area (Å²) in [5.41, 5.74) is 1.07. The molecule has 0 saturated heterocycles. The van der Waals surface area contributed by atoms with E-state index in [2.05, 4.69) is 5.32 Å². The molecule has 0 unspecified atom stereocenters. The molecule has 0 aromatic heterocycles. The van der Waals surface area contributed by atoms with Gasteiger partial charge in [0.25, 0.3) is 0 Å². The highest BCUT2D eigenvalue weighted by Gasteiger charge is 2.22. The van der Waals surface area contributed by atoms with Crippen LogP contribution in [0.3, 0.4) is 0 Å². The standard InChI is InChI=1S/C11H15NO/c1-12-10-4-2-3-5-11(10)13-8-9-6-7-9/h2-5,9,12H,6-8H2,1H3. The average molecular weight is 177 g/mol. The lowest BCUT2D eigenvalue weighted by Gasteiger charge is -2.09. The van der Waals surface area contributed by atoms with E-state index in [4.69, 9.17) is 4.74 Å². The number of rotatable bonds is 4. The summed E-state index contributed by atoms with van der Waals surface area (Å²) in [4.78, 5) is 0. The predicted molar refractivity (Wildman–Crippen MR) is 54.2 cm³/mol. The normalized spacial score (nSPS) is 15.5. The molecule has 0 heterocycles.